The Hall–Kier alpha value is -2.15. The molecular weight excluding hydrogens is 658 g/mol. The van der Waals surface area contributed by atoms with E-state index in [4.69, 9.17) is 30.2 Å². The molecule has 0 bridgehead atoms. The molecule has 3 heterocycles. The number of rotatable bonds is 9. The summed E-state index contributed by atoms with van der Waals surface area (Å²) in [4.78, 5) is 35.8. The van der Waals surface area contributed by atoms with Gasteiger partial charge in [-0.05, 0) is 73.4 Å². The predicted octanol–water partition coefficient (Wildman–Crippen LogP) is 2.67. The topological polar surface area (TPSA) is 169 Å². The number of oxime groups is 1. The molecule has 292 valence electrons. The minimum atomic E-state index is -1.89. The molecule has 0 radical (unpaired) electrons. The number of ether oxygens (including phenoxy) is 4. The molecule has 13 nitrogen and oxygen atoms in total. The minimum Gasteiger partial charge on any atom is -0.459 e. The summed E-state index contributed by atoms with van der Waals surface area (Å²) in [5.41, 5.74) is -2.64. The number of methoxy groups -OCH3 is 1. The van der Waals surface area contributed by atoms with Gasteiger partial charge in [0, 0.05) is 50.4 Å². The Morgan fingerprint density at radius 2 is 1.82 bits per heavy atom. The summed E-state index contributed by atoms with van der Waals surface area (Å²) >= 11 is 0. The SMILES string of the molecule is C#CCCN(C)[C@H]1C[C@@H](C)O[C@@H](O[C@@H]2[C@@H](C)C(=O)[C@@H](C)C(=O)O[C@H](CC)[C@@](C)(O)[C@H](O)[C@@H](C)/C(=N/O[C@@H]3CCCNC3)[C@H](C)C[C@@]2(C)OC)[C@@H]1O. The maximum absolute atomic E-state index is 14.2. The number of terminal acetylenes is 1. The number of esters is 1. The molecule has 4 N–H and O–H groups in total. The minimum absolute atomic E-state index is 0.177. The first kappa shape index (κ1) is 43.3. The molecule has 3 aliphatic rings. The van der Waals surface area contributed by atoms with E-state index in [1.165, 1.54) is 21.0 Å². The van der Waals surface area contributed by atoms with Crippen LogP contribution in [-0.4, -0.2) is 132 Å². The molecule has 0 spiro atoms. The maximum atomic E-state index is 14.2. The number of nitrogens with zero attached hydrogens (tertiary/aromatic N) is 2. The highest BCUT2D eigenvalue weighted by atomic mass is 16.7. The Kier molecular flexibility index (Phi) is 15.9. The van der Waals surface area contributed by atoms with Crippen molar-refractivity contribution in [1.29, 1.82) is 0 Å². The molecule has 14 atom stereocenters. The zero-order valence-electron chi connectivity index (χ0n) is 32.5. The second-order valence-corrected chi connectivity index (χ2v) is 15.5. The van der Waals surface area contributed by atoms with Crippen LogP contribution in [0.2, 0.25) is 0 Å². The van der Waals surface area contributed by atoms with Gasteiger partial charge in [-0.1, -0.05) is 32.9 Å². The van der Waals surface area contributed by atoms with E-state index >= 15 is 0 Å². The van der Waals surface area contributed by atoms with Crippen LogP contribution in [0.25, 0.3) is 0 Å². The van der Waals surface area contributed by atoms with Crippen LogP contribution in [0.4, 0.5) is 0 Å². The van der Waals surface area contributed by atoms with Gasteiger partial charge in [-0.3, -0.25) is 14.5 Å². The molecule has 3 rings (SSSR count). The van der Waals surface area contributed by atoms with Gasteiger partial charge >= 0.3 is 5.97 Å². The van der Waals surface area contributed by atoms with E-state index in [9.17, 15) is 24.9 Å². The summed E-state index contributed by atoms with van der Waals surface area (Å²) in [5, 5.41) is 43.1. The molecule has 0 amide bonds. The van der Waals surface area contributed by atoms with Crippen molar-refractivity contribution in [3.05, 3.63) is 0 Å². The molecular formula is C38H65N3O10. The summed E-state index contributed by atoms with van der Waals surface area (Å²) in [7, 11) is 3.42. The fourth-order valence-electron chi connectivity index (χ4n) is 7.99. The number of piperidine rings is 1. The van der Waals surface area contributed by atoms with Crippen molar-refractivity contribution in [3.63, 3.8) is 0 Å². The largest absolute Gasteiger partial charge is 0.459 e. The number of likely N-dealkylation sites (N-methyl/N-ethyl adjacent to an activating group) is 1. The van der Waals surface area contributed by atoms with Crippen LogP contribution in [0.15, 0.2) is 5.16 Å². The number of ketones is 1. The van der Waals surface area contributed by atoms with Crippen LogP contribution in [0, 0.1) is 36.0 Å². The first-order chi connectivity index (χ1) is 23.9. The summed E-state index contributed by atoms with van der Waals surface area (Å²) in [6.45, 7) is 15.8. The Morgan fingerprint density at radius 3 is 2.41 bits per heavy atom. The number of aliphatic hydroxyl groups excluding tert-OH is 2. The zero-order valence-corrected chi connectivity index (χ0v) is 32.5. The standard InChI is InChI=1S/C38H65N3O10/c1-12-14-18-41(10)28-19-23(4)48-36(32(28)43)50-34-25(6)31(42)26(7)35(45)49-29(13-2)38(9,46)33(44)24(5)30(22(3)20-37(34,8)47-11)40-51-27-16-15-17-39-21-27/h1,22-29,32-34,36,39,43-44,46H,13-21H2,2-11H3/b40-30+/t22-,23-,24+,25+,26-,27-,28+,29-,32-,33-,34-,36+,37-,38-/m1/s1. The molecule has 0 aromatic heterocycles. The third-order valence-electron chi connectivity index (χ3n) is 11.4. The van der Waals surface area contributed by atoms with Crippen molar-refractivity contribution < 1.29 is 48.7 Å². The fourth-order valence-corrected chi connectivity index (χ4v) is 7.99. The van der Waals surface area contributed by atoms with Crippen molar-refractivity contribution in [2.45, 2.75) is 154 Å². The number of nitrogens with one attached hydrogen (secondary N) is 1. The van der Waals surface area contributed by atoms with Crippen LogP contribution in [0.3, 0.4) is 0 Å². The van der Waals surface area contributed by atoms with E-state index in [0.29, 0.717) is 31.6 Å². The van der Waals surface area contributed by atoms with Crippen molar-refractivity contribution in [2.24, 2.45) is 28.8 Å². The molecule has 0 aliphatic carbocycles. The van der Waals surface area contributed by atoms with Crippen molar-refractivity contribution in [1.82, 2.24) is 10.2 Å². The van der Waals surface area contributed by atoms with Gasteiger partial charge in [0.1, 0.15) is 29.8 Å². The smallest absolute Gasteiger partial charge is 0.316 e. The molecule has 0 saturated carbocycles. The molecule has 3 saturated heterocycles. The number of carbonyl (C=O) groups excluding carboxylic acids is 2. The first-order valence-corrected chi connectivity index (χ1v) is 18.7. The van der Waals surface area contributed by atoms with Crippen LogP contribution < -0.4 is 5.32 Å². The zero-order chi connectivity index (χ0) is 38.3. The fraction of sp³-hybridized carbons (Fsp3) is 0.868. The lowest BCUT2D eigenvalue weighted by molar-refractivity contribution is -0.295. The monoisotopic (exact) mass is 723 g/mol. The van der Waals surface area contributed by atoms with E-state index in [1.54, 1.807) is 20.8 Å². The van der Waals surface area contributed by atoms with E-state index in [0.717, 1.165) is 19.4 Å². The summed E-state index contributed by atoms with van der Waals surface area (Å²) in [6.07, 6.45) is 2.48. The number of hydrogen-bond acceptors (Lipinski definition) is 13. The van der Waals surface area contributed by atoms with Gasteiger partial charge in [0.25, 0.3) is 0 Å². The van der Waals surface area contributed by atoms with Crippen LogP contribution in [0.5, 0.6) is 0 Å². The Bertz CT molecular complexity index is 1220. The summed E-state index contributed by atoms with van der Waals surface area (Å²) < 4.78 is 24.9. The van der Waals surface area contributed by atoms with Gasteiger partial charge in [-0.2, -0.15) is 0 Å². The number of hydrogen-bond donors (Lipinski definition) is 4. The normalized spacial score (nSPS) is 43.0. The number of aliphatic hydroxyl groups is 3. The highest BCUT2D eigenvalue weighted by Gasteiger charge is 2.51. The molecule has 3 fully saturated rings. The molecule has 0 aromatic rings. The third kappa shape index (κ3) is 10.3. The number of Topliss-reactive ketones (excluding diaryl/α,β-unsaturated/α-hetero) is 1. The van der Waals surface area contributed by atoms with Crippen molar-refractivity contribution >= 4 is 17.5 Å². The van der Waals surface area contributed by atoms with E-state index in [-0.39, 0.29) is 31.1 Å². The van der Waals surface area contributed by atoms with Crippen LogP contribution >= 0.6 is 0 Å². The Labute approximate surface area is 305 Å². The Balaban J connectivity index is 2.12. The van der Waals surface area contributed by atoms with E-state index < -0.39 is 77.3 Å². The average molecular weight is 724 g/mol. The van der Waals surface area contributed by atoms with Gasteiger partial charge in [0.2, 0.25) is 0 Å². The quantitative estimate of drug-likeness (QED) is 0.119. The van der Waals surface area contributed by atoms with Gasteiger partial charge < -0.3 is 44.4 Å². The third-order valence-corrected chi connectivity index (χ3v) is 11.4. The second kappa shape index (κ2) is 18.7. The summed E-state index contributed by atoms with van der Waals surface area (Å²) in [6, 6.07) is -0.329. The van der Waals surface area contributed by atoms with Gasteiger partial charge in [0.05, 0.1) is 29.6 Å². The van der Waals surface area contributed by atoms with E-state index in [1.807, 2.05) is 32.7 Å². The first-order valence-electron chi connectivity index (χ1n) is 18.7. The van der Waals surface area contributed by atoms with Crippen LogP contribution in [-0.2, 0) is 33.4 Å². The maximum Gasteiger partial charge on any atom is 0.316 e. The molecule has 0 aromatic carbocycles. The lowest BCUT2D eigenvalue weighted by atomic mass is 9.74. The van der Waals surface area contributed by atoms with Crippen LogP contribution in [0.1, 0.15) is 93.9 Å². The molecule has 51 heavy (non-hydrogen) atoms. The van der Waals surface area contributed by atoms with Crippen molar-refractivity contribution in [2.75, 3.05) is 33.8 Å². The van der Waals surface area contributed by atoms with E-state index in [2.05, 4.69) is 16.4 Å². The lowest BCUT2D eigenvalue weighted by Gasteiger charge is -2.47. The number of carbonyl (C=O) groups is 2. The second-order valence-electron chi connectivity index (χ2n) is 15.5. The van der Waals surface area contributed by atoms with Gasteiger partial charge in [-0.25, -0.2) is 0 Å². The lowest BCUT2D eigenvalue weighted by Crippen LogP contribution is -2.60. The van der Waals surface area contributed by atoms with Gasteiger partial charge in [0.15, 0.2) is 12.1 Å². The predicted molar refractivity (Wildman–Crippen MR) is 193 cm³/mol. The van der Waals surface area contributed by atoms with Crippen molar-refractivity contribution in [3.8, 4) is 12.3 Å². The molecule has 0 unspecified atom stereocenters. The summed E-state index contributed by atoms with van der Waals surface area (Å²) in [5.74, 6) is -2.01. The molecule has 13 heteroatoms. The highest BCUT2D eigenvalue weighted by Crippen LogP contribution is 2.39. The Morgan fingerprint density at radius 1 is 1.14 bits per heavy atom. The highest BCUT2D eigenvalue weighted by molar-refractivity contribution is 6.00. The number of cyclic esters (lactones) is 1. The van der Waals surface area contributed by atoms with Gasteiger partial charge in [-0.15, -0.1) is 12.3 Å². The molecule has 3 aliphatic heterocycles. The average Bonchev–Trinajstić information content (AvgIpc) is 3.11.